The summed E-state index contributed by atoms with van der Waals surface area (Å²) in [4.78, 5) is 14.2. The highest BCUT2D eigenvalue weighted by Gasteiger charge is 2.17. The molecule has 5 heteroatoms. The van der Waals surface area contributed by atoms with Gasteiger partial charge in [0.05, 0.1) is 11.0 Å². The highest BCUT2D eigenvalue weighted by Crippen LogP contribution is 2.37. The second kappa shape index (κ2) is 9.01. The van der Waals surface area contributed by atoms with Crippen LogP contribution in [0.5, 0.6) is 0 Å². The average molecular weight is 533 g/mol. The molecule has 0 amide bonds. The van der Waals surface area contributed by atoms with Crippen molar-refractivity contribution in [2.75, 3.05) is 0 Å². The van der Waals surface area contributed by atoms with Gasteiger partial charge in [-0.2, -0.15) is 9.97 Å². The molecule has 0 aliphatic heterocycles. The first kappa shape index (κ1) is 22.9. The van der Waals surface area contributed by atoms with Crippen molar-refractivity contribution in [3.05, 3.63) is 133 Å². The molecule has 0 atom stereocenters. The van der Waals surface area contributed by atoms with Gasteiger partial charge in [0.25, 0.3) is 0 Å². The quantitative estimate of drug-likeness (QED) is 0.213. The summed E-state index contributed by atoms with van der Waals surface area (Å²) in [7, 11) is 0. The van der Waals surface area contributed by atoms with Gasteiger partial charge >= 0.3 is 0 Å². The van der Waals surface area contributed by atoms with Gasteiger partial charge in [0.2, 0.25) is 5.28 Å². The summed E-state index contributed by atoms with van der Waals surface area (Å²) in [6.07, 6.45) is 0. The van der Waals surface area contributed by atoms with Gasteiger partial charge in [-0.3, -0.25) is 0 Å². The Morgan fingerprint density at radius 1 is 0.475 bits per heavy atom. The van der Waals surface area contributed by atoms with Crippen LogP contribution in [0, 0.1) is 0 Å². The van der Waals surface area contributed by atoms with Gasteiger partial charge in [0.15, 0.2) is 11.6 Å². The highest BCUT2D eigenvalue weighted by molar-refractivity contribution is 6.28. The second-order valence-corrected chi connectivity index (χ2v) is 10.2. The monoisotopic (exact) mass is 532 g/mol. The van der Waals surface area contributed by atoms with Crippen molar-refractivity contribution >= 4 is 55.0 Å². The number of hydrogen-bond donors (Lipinski definition) is 0. The van der Waals surface area contributed by atoms with E-state index in [0.29, 0.717) is 11.6 Å². The third kappa shape index (κ3) is 3.58. The van der Waals surface area contributed by atoms with Gasteiger partial charge in [-0.05, 0) is 75.6 Å². The predicted molar refractivity (Wildman–Crippen MR) is 165 cm³/mol. The molecular weight excluding hydrogens is 512 g/mol. The highest BCUT2D eigenvalue weighted by atomic mass is 35.5. The minimum absolute atomic E-state index is 0.170. The first-order valence-corrected chi connectivity index (χ1v) is 13.5. The van der Waals surface area contributed by atoms with Crippen molar-refractivity contribution in [2.24, 2.45) is 0 Å². The maximum absolute atomic E-state index is 6.58. The SMILES string of the molecule is Clc1nc(-c2ccc3c(c2)c2ccccc2n3-c2ccccc2)nc(-c2c3ccccc3cc3ccccc23)n1. The van der Waals surface area contributed by atoms with E-state index in [4.69, 9.17) is 16.6 Å². The van der Waals surface area contributed by atoms with Gasteiger partial charge in [-0.25, -0.2) is 4.98 Å². The van der Waals surface area contributed by atoms with E-state index in [2.05, 4.69) is 112 Å². The Labute approximate surface area is 235 Å². The van der Waals surface area contributed by atoms with Crippen molar-refractivity contribution in [2.45, 2.75) is 0 Å². The van der Waals surface area contributed by atoms with E-state index < -0.39 is 0 Å². The van der Waals surface area contributed by atoms with E-state index in [1.165, 1.54) is 5.39 Å². The molecule has 40 heavy (non-hydrogen) atoms. The van der Waals surface area contributed by atoms with Crippen LogP contribution in [0.1, 0.15) is 0 Å². The third-order valence-corrected chi connectivity index (χ3v) is 7.72. The molecule has 2 heterocycles. The van der Waals surface area contributed by atoms with Crippen LogP contribution in [0.25, 0.3) is 71.8 Å². The Kier molecular flexibility index (Phi) is 5.15. The van der Waals surface area contributed by atoms with Crippen LogP contribution in [0.15, 0.2) is 127 Å². The van der Waals surface area contributed by atoms with E-state index >= 15 is 0 Å². The summed E-state index contributed by atoms with van der Waals surface area (Å²) < 4.78 is 2.29. The van der Waals surface area contributed by atoms with Crippen LogP contribution in [-0.4, -0.2) is 19.5 Å². The lowest BCUT2D eigenvalue weighted by Gasteiger charge is -2.12. The maximum Gasteiger partial charge on any atom is 0.226 e. The lowest BCUT2D eigenvalue weighted by molar-refractivity contribution is 1.07. The molecule has 0 aliphatic carbocycles. The van der Waals surface area contributed by atoms with E-state index in [9.17, 15) is 0 Å². The zero-order chi connectivity index (χ0) is 26.6. The Morgan fingerprint density at radius 3 is 1.82 bits per heavy atom. The molecule has 0 spiro atoms. The number of nitrogens with zero attached hydrogens (tertiary/aromatic N) is 4. The van der Waals surface area contributed by atoms with Crippen molar-refractivity contribution in [1.82, 2.24) is 19.5 Å². The minimum Gasteiger partial charge on any atom is -0.309 e. The second-order valence-electron chi connectivity index (χ2n) is 9.87. The normalized spacial score (nSPS) is 11.6. The Morgan fingerprint density at radius 2 is 1.07 bits per heavy atom. The van der Waals surface area contributed by atoms with Crippen molar-refractivity contribution in [3.8, 4) is 28.5 Å². The molecule has 0 radical (unpaired) electrons. The molecule has 8 aromatic rings. The van der Waals surface area contributed by atoms with Crippen molar-refractivity contribution < 1.29 is 0 Å². The van der Waals surface area contributed by atoms with Crippen LogP contribution >= 0.6 is 11.6 Å². The topological polar surface area (TPSA) is 43.6 Å². The molecule has 188 valence electrons. The molecule has 0 unspecified atom stereocenters. The van der Waals surface area contributed by atoms with Crippen LogP contribution < -0.4 is 0 Å². The number of rotatable bonds is 3. The molecule has 0 saturated carbocycles. The molecule has 6 aromatic carbocycles. The van der Waals surface area contributed by atoms with E-state index in [-0.39, 0.29) is 5.28 Å². The van der Waals surface area contributed by atoms with Crippen LogP contribution in [0.2, 0.25) is 5.28 Å². The first-order chi connectivity index (χ1) is 19.7. The largest absolute Gasteiger partial charge is 0.309 e. The fourth-order valence-electron chi connectivity index (χ4n) is 5.81. The lowest BCUT2D eigenvalue weighted by Crippen LogP contribution is -1.99. The number of halogens is 1. The molecule has 2 aromatic heterocycles. The number of hydrogen-bond acceptors (Lipinski definition) is 3. The number of benzene rings is 6. The maximum atomic E-state index is 6.58. The molecular formula is C35H21ClN4. The zero-order valence-corrected chi connectivity index (χ0v) is 22.0. The predicted octanol–water partition coefficient (Wildman–Crippen LogP) is 9.26. The van der Waals surface area contributed by atoms with E-state index in [0.717, 1.165) is 54.8 Å². The van der Waals surface area contributed by atoms with E-state index in [1.54, 1.807) is 0 Å². The smallest absolute Gasteiger partial charge is 0.226 e. The summed E-state index contributed by atoms with van der Waals surface area (Å²) >= 11 is 6.58. The Hall–Kier alpha value is -5.06. The minimum atomic E-state index is 0.170. The van der Waals surface area contributed by atoms with Gasteiger partial charge in [-0.15, -0.1) is 0 Å². The van der Waals surface area contributed by atoms with Gasteiger partial charge < -0.3 is 4.57 Å². The molecule has 0 fully saturated rings. The summed E-state index contributed by atoms with van der Waals surface area (Å²) in [6, 6.07) is 44.1. The fourth-order valence-corrected chi connectivity index (χ4v) is 5.97. The van der Waals surface area contributed by atoms with Crippen LogP contribution in [-0.2, 0) is 0 Å². The molecule has 0 saturated heterocycles. The van der Waals surface area contributed by atoms with Gasteiger partial charge in [0.1, 0.15) is 0 Å². The van der Waals surface area contributed by atoms with Gasteiger partial charge in [-0.1, -0.05) is 84.9 Å². The number of fused-ring (bicyclic) bond motifs is 5. The summed E-state index contributed by atoms with van der Waals surface area (Å²) in [5, 5.41) is 6.89. The van der Waals surface area contributed by atoms with Crippen LogP contribution in [0.4, 0.5) is 0 Å². The van der Waals surface area contributed by atoms with Crippen LogP contribution in [0.3, 0.4) is 0 Å². The fraction of sp³-hybridized carbons (Fsp3) is 0. The average Bonchev–Trinajstić information content (AvgIpc) is 3.33. The molecule has 0 aliphatic rings. The third-order valence-electron chi connectivity index (χ3n) is 7.55. The summed E-state index contributed by atoms with van der Waals surface area (Å²) in [5.74, 6) is 1.11. The summed E-state index contributed by atoms with van der Waals surface area (Å²) in [5.41, 5.74) is 5.24. The van der Waals surface area contributed by atoms with Gasteiger partial charge in [0, 0.05) is 27.6 Å². The Bertz CT molecular complexity index is 2180. The van der Waals surface area contributed by atoms with Crippen molar-refractivity contribution in [1.29, 1.82) is 0 Å². The van der Waals surface area contributed by atoms with E-state index in [1.807, 2.05) is 30.3 Å². The number of para-hydroxylation sites is 2. The lowest BCUT2D eigenvalue weighted by atomic mass is 9.96. The standard InChI is InChI=1S/C35H21ClN4/c36-35-38-33(37-34(39-35)32-26-14-6-4-10-22(26)20-23-11-5-7-15-27(23)32)24-18-19-31-29(21-24)28-16-8-9-17-30(28)40(31)25-12-2-1-3-13-25/h1-21H. The first-order valence-electron chi connectivity index (χ1n) is 13.2. The molecule has 8 rings (SSSR count). The van der Waals surface area contributed by atoms with Crippen molar-refractivity contribution in [3.63, 3.8) is 0 Å². The number of aromatic nitrogens is 4. The Balaban J connectivity index is 1.37. The molecule has 0 N–H and O–H groups in total. The molecule has 4 nitrogen and oxygen atoms in total. The molecule has 0 bridgehead atoms. The summed E-state index contributed by atoms with van der Waals surface area (Å²) in [6.45, 7) is 0. The zero-order valence-electron chi connectivity index (χ0n) is 21.3.